The summed E-state index contributed by atoms with van der Waals surface area (Å²) in [6.07, 6.45) is 0. The van der Waals surface area contributed by atoms with E-state index in [9.17, 15) is 0 Å². The Labute approximate surface area is 153 Å². The number of benzene rings is 2. The minimum absolute atomic E-state index is 0.689. The number of halogens is 2. The number of hydrogen-bond donors (Lipinski definition) is 0. The van der Waals surface area contributed by atoms with Crippen molar-refractivity contribution in [2.75, 3.05) is 7.11 Å². The monoisotopic (exact) mass is 381 g/mol. The van der Waals surface area contributed by atoms with Crippen molar-refractivity contribution in [1.29, 1.82) is 0 Å². The fraction of sp³-hybridized carbons (Fsp3) is 0.118. The highest BCUT2D eigenvalue weighted by Crippen LogP contribution is 2.33. The predicted octanol–water partition coefficient (Wildman–Crippen LogP) is 6.42. The zero-order chi connectivity index (χ0) is 16.2. The highest BCUT2D eigenvalue weighted by molar-refractivity contribution is 7.98. The van der Waals surface area contributed by atoms with Crippen LogP contribution in [0.5, 0.6) is 5.75 Å². The summed E-state index contributed by atoms with van der Waals surface area (Å²) in [6, 6.07) is 13.4. The zero-order valence-electron chi connectivity index (χ0n) is 12.3. The van der Waals surface area contributed by atoms with E-state index in [0.717, 1.165) is 32.7 Å². The van der Waals surface area contributed by atoms with Crippen LogP contribution in [0.1, 0.15) is 5.69 Å². The third-order valence-corrected chi connectivity index (χ3v) is 5.86. The maximum absolute atomic E-state index is 6.18. The minimum Gasteiger partial charge on any atom is -0.497 e. The van der Waals surface area contributed by atoms with E-state index in [1.807, 2.05) is 36.4 Å². The molecule has 118 valence electrons. The topological polar surface area (TPSA) is 22.1 Å². The summed E-state index contributed by atoms with van der Waals surface area (Å²) in [4.78, 5) is 5.65. The predicted molar refractivity (Wildman–Crippen MR) is 100 cm³/mol. The van der Waals surface area contributed by atoms with Gasteiger partial charge in [0.25, 0.3) is 0 Å². The second kappa shape index (κ2) is 7.58. The Hall–Kier alpha value is -1.20. The van der Waals surface area contributed by atoms with E-state index in [1.54, 1.807) is 36.3 Å². The highest BCUT2D eigenvalue weighted by atomic mass is 35.5. The molecule has 0 bridgehead atoms. The summed E-state index contributed by atoms with van der Waals surface area (Å²) in [5.41, 5.74) is 2.12. The van der Waals surface area contributed by atoms with Crippen molar-refractivity contribution in [1.82, 2.24) is 4.98 Å². The summed E-state index contributed by atoms with van der Waals surface area (Å²) >= 11 is 15.5. The molecular formula is C17H13Cl2NOS2. The van der Waals surface area contributed by atoms with Gasteiger partial charge in [-0.15, -0.1) is 23.1 Å². The van der Waals surface area contributed by atoms with Crippen LogP contribution in [0, 0.1) is 0 Å². The third kappa shape index (κ3) is 4.21. The maximum atomic E-state index is 6.18. The number of thioether (sulfide) groups is 1. The Morgan fingerprint density at radius 2 is 1.91 bits per heavy atom. The van der Waals surface area contributed by atoms with E-state index in [2.05, 4.69) is 10.4 Å². The van der Waals surface area contributed by atoms with Crippen molar-refractivity contribution in [3.8, 4) is 16.3 Å². The maximum Gasteiger partial charge on any atom is 0.123 e. The Bertz CT molecular complexity index is 803. The highest BCUT2D eigenvalue weighted by Gasteiger charge is 2.08. The van der Waals surface area contributed by atoms with Crippen molar-refractivity contribution in [3.05, 3.63) is 63.6 Å². The molecule has 2 aromatic carbocycles. The normalized spacial score (nSPS) is 10.7. The first-order valence-electron chi connectivity index (χ1n) is 6.82. The van der Waals surface area contributed by atoms with Gasteiger partial charge in [-0.05, 0) is 42.5 Å². The van der Waals surface area contributed by atoms with Crippen LogP contribution in [0.3, 0.4) is 0 Å². The molecule has 3 aromatic rings. The van der Waals surface area contributed by atoms with Crippen LogP contribution in [-0.4, -0.2) is 12.1 Å². The quantitative estimate of drug-likeness (QED) is 0.476. The van der Waals surface area contributed by atoms with Crippen LogP contribution in [0.25, 0.3) is 10.6 Å². The summed E-state index contributed by atoms with van der Waals surface area (Å²) in [5.74, 6) is 1.60. The number of nitrogens with zero attached hydrogens (tertiary/aromatic N) is 1. The third-order valence-electron chi connectivity index (χ3n) is 3.16. The average Bonchev–Trinajstić information content (AvgIpc) is 3.05. The number of ether oxygens (including phenoxy) is 1. The molecule has 0 N–H and O–H groups in total. The first kappa shape index (κ1) is 16.7. The van der Waals surface area contributed by atoms with Gasteiger partial charge in [0.1, 0.15) is 10.8 Å². The molecule has 2 nitrogen and oxygen atoms in total. The second-order valence-electron chi connectivity index (χ2n) is 4.74. The summed E-state index contributed by atoms with van der Waals surface area (Å²) < 4.78 is 5.18. The van der Waals surface area contributed by atoms with Crippen molar-refractivity contribution in [2.24, 2.45) is 0 Å². The fourth-order valence-electron chi connectivity index (χ4n) is 1.98. The van der Waals surface area contributed by atoms with Gasteiger partial charge in [-0.2, -0.15) is 0 Å². The Balaban J connectivity index is 1.70. The first-order chi connectivity index (χ1) is 11.2. The van der Waals surface area contributed by atoms with Gasteiger partial charge in [0, 0.05) is 26.6 Å². The van der Waals surface area contributed by atoms with Crippen molar-refractivity contribution < 1.29 is 4.74 Å². The molecule has 0 aliphatic rings. The van der Waals surface area contributed by atoms with Gasteiger partial charge in [-0.1, -0.05) is 23.2 Å². The molecule has 0 radical (unpaired) electrons. The van der Waals surface area contributed by atoms with Gasteiger partial charge in [0.2, 0.25) is 0 Å². The SMILES string of the molecule is COc1ccc(-c2nc(CSc3cc(Cl)ccc3Cl)cs2)cc1. The van der Waals surface area contributed by atoms with E-state index >= 15 is 0 Å². The summed E-state index contributed by atoms with van der Waals surface area (Å²) in [6.45, 7) is 0. The van der Waals surface area contributed by atoms with Gasteiger partial charge in [-0.3, -0.25) is 0 Å². The molecule has 1 aromatic heterocycles. The molecular weight excluding hydrogens is 369 g/mol. The molecule has 0 unspecified atom stereocenters. The average molecular weight is 382 g/mol. The largest absolute Gasteiger partial charge is 0.497 e. The molecule has 0 fully saturated rings. The van der Waals surface area contributed by atoms with Crippen molar-refractivity contribution in [3.63, 3.8) is 0 Å². The lowest BCUT2D eigenvalue weighted by atomic mass is 10.2. The van der Waals surface area contributed by atoms with E-state index in [0.29, 0.717) is 10.0 Å². The lowest BCUT2D eigenvalue weighted by molar-refractivity contribution is 0.415. The number of rotatable bonds is 5. The fourth-order valence-corrected chi connectivity index (χ4v) is 4.30. The number of aromatic nitrogens is 1. The molecule has 0 saturated carbocycles. The van der Waals surface area contributed by atoms with E-state index < -0.39 is 0 Å². The lowest BCUT2D eigenvalue weighted by Crippen LogP contribution is -1.84. The Morgan fingerprint density at radius 1 is 1.13 bits per heavy atom. The van der Waals surface area contributed by atoms with Crippen LogP contribution in [0.4, 0.5) is 0 Å². The van der Waals surface area contributed by atoms with Gasteiger partial charge in [0.05, 0.1) is 17.8 Å². The van der Waals surface area contributed by atoms with Crippen molar-refractivity contribution in [2.45, 2.75) is 10.6 Å². The van der Waals surface area contributed by atoms with Crippen LogP contribution < -0.4 is 4.74 Å². The first-order valence-corrected chi connectivity index (χ1v) is 9.44. The zero-order valence-corrected chi connectivity index (χ0v) is 15.4. The van der Waals surface area contributed by atoms with E-state index in [4.69, 9.17) is 27.9 Å². The van der Waals surface area contributed by atoms with Crippen LogP contribution >= 0.6 is 46.3 Å². The van der Waals surface area contributed by atoms with Crippen LogP contribution in [0.15, 0.2) is 52.7 Å². The van der Waals surface area contributed by atoms with Gasteiger partial charge in [0.15, 0.2) is 0 Å². The lowest BCUT2D eigenvalue weighted by Gasteiger charge is -2.03. The molecule has 6 heteroatoms. The minimum atomic E-state index is 0.689. The smallest absolute Gasteiger partial charge is 0.123 e. The molecule has 0 aliphatic carbocycles. The molecule has 0 amide bonds. The molecule has 0 spiro atoms. The van der Waals surface area contributed by atoms with Crippen LogP contribution in [0.2, 0.25) is 10.0 Å². The molecule has 0 saturated heterocycles. The number of hydrogen-bond acceptors (Lipinski definition) is 4. The summed E-state index contributed by atoms with van der Waals surface area (Å²) in [7, 11) is 1.66. The Morgan fingerprint density at radius 3 is 2.65 bits per heavy atom. The summed E-state index contributed by atoms with van der Waals surface area (Å²) in [5, 5.41) is 4.48. The van der Waals surface area contributed by atoms with Gasteiger partial charge in [-0.25, -0.2) is 4.98 Å². The standard InChI is InChI=1S/C17H13Cl2NOS2/c1-21-14-5-2-11(3-6-14)17-20-13(10-23-17)9-22-16-8-12(18)4-7-15(16)19/h2-8,10H,9H2,1H3. The molecule has 23 heavy (non-hydrogen) atoms. The Kier molecular flexibility index (Phi) is 5.49. The second-order valence-corrected chi connectivity index (χ2v) is 7.45. The van der Waals surface area contributed by atoms with Gasteiger partial charge < -0.3 is 4.74 Å². The van der Waals surface area contributed by atoms with Crippen molar-refractivity contribution >= 4 is 46.3 Å². The number of methoxy groups -OCH3 is 1. The van der Waals surface area contributed by atoms with Crippen LogP contribution in [-0.2, 0) is 5.75 Å². The molecule has 1 heterocycles. The molecule has 3 rings (SSSR count). The van der Waals surface area contributed by atoms with Gasteiger partial charge >= 0.3 is 0 Å². The molecule has 0 aliphatic heterocycles. The molecule has 0 atom stereocenters. The van der Waals surface area contributed by atoms with E-state index in [-0.39, 0.29) is 0 Å². The number of thiazole rings is 1. The van der Waals surface area contributed by atoms with E-state index in [1.165, 1.54) is 0 Å².